The standard InChI is InChI=1S/C15H22N2O3/c1-10(18)11-6-5-7-12(8-11)17-14(20)16-9-13(19)15(2,3)4/h5-8,13,19H,9H2,1-4H3,(H2,16,17,20). The van der Waals surface area contributed by atoms with Crippen LogP contribution in [0.1, 0.15) is 38.1 Å². The highest BCUT2D eigenvalue weighted by molar-refractivity contribution is 5.96. The largest absolute Gasteiger partial charge is 0.391 e. The molecule has 5 heteroatoms. The molecule has 3 N–H and O–H groups in total. The Morgan fingerprint density at radius 1 is 1.30 bits per heavy atom. The summed E-state index contributed by atoms with van der Waals surface area (Å²) < 4.78 is 0. The molecular formula is C15H22N2O3. The molecule has 1 unspecified atom stereocenters. The number of urea groups is 1. The Labute approximate surface area is 119 Å². The summed E-state index contributed by atoms with van der Waals surface area (Å²) in [6.07, 6.45) is -0.628. The fraction of sp³-hybridized carbons (Fsp3) is 0.467. The van der Waals surface area contributed by atoms with Crippen molar-refractivity contribution in [2.75, 3.05) is 11.9 Å². The van der Waals surface area contributed by atoms with Crippen molar-refractivity contribution in [2.45, 2.75) is 33.8 Å². The first-order chi connectivity index (χ1) is 9.20. The van der Waals surface area contributed by atoms with Gasteiger partial charge in [-0.25, -0.2) is 4.79 Å². The average molecular weight is 278 g/mol. The smallest absolute Gasteiger partial charge is 0.319 e. The second-order valence-corrected chi connectivity index (χ2v) is 5.85. The van der Waals surface area contributed by atoms with E-state index in [0.29, 0.717) is 11.3 Å². The summed E-state index contributed by atoms with van der Waals surface area (Å²) >= 11 is 0. The topological polar surface area (TPSA) is 78.4 Å². The van der Waals surface area contributed by atoms with Crippen molar-refractivity contribution in [1.82, 2.24) is 5.32 Å². The van der Waals surface area contributed by atoms with Gasteiger partial charge < -0.3 is 15.7 Å². The van der Waals surface area contributed by atoms with E-state index in [1.807, 2.05) is 20.8 Å². The zero-order chi connectivity index (χ0) is 15.3. The first kappa shape index (κ1) is 16.2. The van der Waals surface area contributed by atoms with Crippen LogP contribution in [0.5, 0.6) is 0 Å². The minimum absolute atomic E-state index is 0.0581. The SMILES string of the molecule is CC(=O)c1cccc(NC(=O)NCC(O)C(C)(C)C)c1. The van der Waals surface area contributed by atoms with Gasteiger partial charge in [-0.05, 0) is 24.5 Å². The van der Waals surface area contributed by atoms with E-state index in [1.54, 1.807) is 24.3 Å². The van der Waals surface area contributed by atoms with Crippen LogP contribution in [0.25, 0.3) is 0 Å². The number of hydrogen-bond donors (Lipinski definition) is 3. The predicted octanol–water partition coefficient (Wildman–Crippen LogP) is 2.42. The Bertz CT molecular complexity index is 492. The van der Waals surface area contributed by atoms with Gasteiger partial charge in [0, 0.05) is 17.8 Å². The van der Waals surface area contributed by atoms with E-state index < -0.39 is 12.1 Å². The van der Waals surface area contributed by atoms with Crippen LogP contribution in [0.4, 0.5) is 10.5 Å². The molecule has 20 heavy (non-hydrogen) atoms. The Kier molecular flexibility index (Phi) is 5.27. The van der Waals surface area contributed by atoms with Crippen molar-refractivity contribution in [3.63, 3.8) is 0 Å². The lowest BCUT2D eigenvalue weighted by Gasteiger charge is -2.25. The van der Waals surface area contributed by atoms with Crippen molar-refractivity contribution in [3.05, 3.63) is 29.8 Å². The Morgan fingerprint density at radius 2 is 1.95 bits per heavy atom. The van der Waals surface area contributed by atoms with Gasteiger partial charge in [0.1, 0.15) is 0 Å². The Hall–Kier alpha value is -1.88. The third-order valence-corrected chi connectivity index (χ3v) is 2.98. The fourth-order valence-corrected chi connectivity index (χ4v) is 1.49. The van der Waals surface area contributed by atoms with Gasteiger partial charge in [-0.2, -0.15) is 0 Å². The maximum absolute atomic E-state index is 11.7. The molecule has 1 aromatic rings. The molecule has 0 saturated carbocycles. The number of hydrogen-bond acceptors (Lipinski definition) is 3. The molecule has 2 amide bonds. The highest BCUT2D eigenvalue weighted by atomic mass is 16.3. The van der Waals surface area contributed by atoms with Crippen LogP contribution in [0.2, 0.25) is 0 Å². The number of carbonyl (C=O) groups is 2. The summed E-state index contributed by atoms with van der Waals surface area (Å²) in [5, 5.41) is 15.1. The molecule has 0 spiro atoms. The Morgan fingerprint density at radius 3 is 2.50 bits per heavy atom. The average Bonchev–Trinajstić information content (AvgIpc) is 2.35. The number of amides is 2. The lowest BCUT2D eigenvalue weighted by molar-refractivity contribution is 0.0654. The van der Waals surface area contributed by atoms with Crippen LogP contribution in [-0.4, -0.2) is 29.6 Å². The number of nitrogens with one attached hydrogen (secondary N) is 2. The van der Waals surface area contributed by atoms with E-state index in [2.05, 4.69) is 10.6 Å². The maximum Gasteiger partial charge on any atom is 0.319 e. The zero-order valence-electron chi connectivity index (χ0n) is 12.4. The van der Waals surface area contributed by atoms with Crippen molar-refractivity contribution in [2.24, 2.45) is 5.41 Å². The van der Waals surface area contributed by atoms with Crippen LogP contribution >= 0.6 is 0 Å². The van der Waals surface area contributed by atoms with Gasteiger partial charge in [-0.1, -0.05) is 32.9 Å². The minimum atomic E-state index is -0.628. The molecule has 0 aliphatic rings. The predicted molar refractivity (Wildman–Crippen MR) is 78.9 cm³/mol. The minimum Gasteiger partial charge on any atom is -0.391 e. The molecule has 0 aliphatic heterocycles. The van der Waals surface area contributed by atoms with Gasteiger partial charge in [0.2, 0.25) is 0 Å². The molecule has 1 rings (SSSR count). The molecular weight excluding hydrogens is 256 g/mol. The fourth-order valence-electron chi connectivity index (χ4n) is 1.49. The monoisotopic (exact) mass is 278 g/mol. The number of Topliss-reactive ketones (excluding diaryl/α,β-unsaturated/α-hetero) is 1. The number of carbonyl (C=O) groups excluding carboxylic acids is 2. The second-order valence-electron chi connectivity index (χ2n) is 5.85. The molecule has 0 heterocycles. The number of aliphatic hydroxyl groups excluding tert-OH is 1. The lowest BCUT2D eigenvalue weighted by Crippen LogP contribution is -2.40. The van der Waals surface area contributed by atoms with E-state index in [0.717, 1.165) is 0 Å². The third-order valence-electron chi connectivity index (χ3n) is 2.98. The number of aliphatic hydroxyl groups is 1. The second kappa shape index (κ2) is 6.52. The zero-order valence-corrected chi connectivity index (χ0v) is 12.4. The summed E-state index contributed by atoms with van der Waals surface area (Å²) in [6.45, 7) is 7.33. The van der Waals surface area contributed by atoms with E-state index in [1.165, 1.54) is 6.92 Å². The van der Waals surface area contributed by atoms with Crippen LogP contribution in [0.15, 0.2) is 24.3 Å². The van der Waals surface area contributed by atoms with Gasteiger partial charge in [-0.3, -0.25) is 4.79 Å². The van der Waals surface area contributed by atoms with E-state index in [4.69, 9.17) is 0 Å². The lowest BCUT2D eigenvalue weighted by atomic mass is 9.89. The van der Waals surface area contributed by atoms with Crippen LogP contribution in [-0.2, 0) is 0 Å². The quantitative estimate of drug-likeness (QED) is 0.740. The van der Waals surface area contributed by atoms with Crippen molar-refractivity contribution in [3.8, 4) is 0 Å². The Balaban J connectivity index is 2.55. The normalized spacial score (nSPS) is 12.7. The summed E-state index contributed by atoms with van der Waals surface area (Å²) in [7, 11) is 0. The third kappa shape index (κ3) is 5.01. The van der Waals surface area contributed by atoms with Crippen molar-refractivity contribution in [1.29, 1.82) is 0 Å². The molecule has 0 aromatic heterocycles. The van der Waals surface area contributed by atoms with Gasteiger partial charge >= 0.3 is 6.03 Å². The van der Waals surface area contributed by atoms with Gasteiger partial charge in [0.05, 0.1) is 6.10 Å². The van der Waals surface area contributed by atoms with Crippen molar-refractivity contribution < 1.29 is 14.7 Å². The number of ketones is 1. The van der Waals surface area contributed by atoms with E-state index in [-0.39, 0.29) is 17.7 Å². The molecule has 0 aliphatic carbocycles. The van der Waals surface area contributed by atoms with Crippen LogP contribution in [0, 0.1) is 5.41 Å². The van der Waals surface area contributed by atoms with Gasteiger partial charge in [0.15, 0.2) is 5.78 Å². The summed E-state index contributed by atoms with van der Waals surface area (Å²) in [4.78, 5) is 23.0. The summed E-state index contributed by atoms with van der Waals surface area (Å²) in [5.74, 6) is -0.0581. The highest BCUT2D eigenvalue weighted by Crippen LogP contribution is 2.18. The molecule has 1 aromatic carbocycles. The maximum atomic E-state index is 11.7. The number of rotatable bonds is 4. The molecule has 0 saturated heterocycles. The van der Waals surface area contributed by atoms with Crippen LogP contribution < -0.4 is 10.6 Å². The molecule has 5 nitrogen and oxygen atoms in total. The van der Waals surface area contributed by atoms with Gasteiger partial charge in [-0.15, -0.1) is 0 Å². The molecule has 110 valence electrons. The number of anilines is 1. The number of benzene rings is 1. The molecule has 1 atom stereocenters. The van der Waals surface area contributed by atoms with Crippen LogP contribution in [0.3, 0.4) is 0 Å². The first-order valence-corrected chi connectivity index (χ1v) is 6.54. The summed E-state index contributed by atoms with van der Waals surface area (Å²) in [6, 6.07) is 6.30. The van der Waals surface area contributed by atoms with E-state index >= 15 is 0 Å². The van der Waals surface area contributed by atoms with Gasteiger partial charge in [0.25, 0.3) is 0 Å². The van der Waals surface area contributed by atoms with Crippen molar-refractivity contribution >= 4 is 17.5 Å². The molecule has 0 fully saturated rings. The first-order valence-electron chi connectivity index (χ1n) is 6.54. The molecule has 0 bridgehead atoms. The summed E-state index contributed by atoms with van der Waals surface area (Å²) in [5.41, 5.74) is 0.792. The van der Waals surface area contributed by atoms with E-state index in [9.17, 15) is 14.7 Å². The highest BCUT2D eigenvalue weighted by Gasteiger charge is 2.22. The molecule has 0 radical (unpaired) electrons.